The number of urea groups is 1. The van der Waals surface area contributed by atoms with Gasteiger partial charge in [-0.1, -0.05) is 12.1 Å². The summed E-state index contributed by atoms with van der Waals surface area (Å²) in [5.41, 5.74) is 5.43. The quantitative estimate of drug-likeness (QED) is 0.383. The molecule has 0 saturated carbocycles. The van der Waals surface area contributed by atoms with Crippen LogP contribution in [0.2, 0.25) is 0 Å². The van der Waals surface area contributed by atoms with Gasteiger partial charge in [0.05, 0.1) is 12.5 Å². The molecule has 2 aliphatic heterocycles. The van der Waals surface area contributed by atoms with Crippen molar-refractivity contribution in [3.05, 3.63) is 83.2 Å². The summed E-state index contributed by atoms with van der Waals surface area (Å²) < 4.78 is 35.6. The maximum atomic E-state index is 14.9. The molecule has 0 atom stereocenters. The lowest BCUT2D eigenvalue weighted by atomic mass is 10.1. The van der Waals surface area contributed by atoms with Crippen molar-refractivity contribution in [2.24, 2.45) is 4.99 Å². The Morgan fingerprint density at radius 1 is 1.10 bits per heavy atom. The second-order valence-corrected chi connectivity index (χ2v) is 9.40. The van der Waals surface area contributed by atoms with E-state index in [4.69, 9.17) is 4.74 Å². The number of piperidine rings is 1. The number of ether oxygens (including phenoxy) is 1. The highest BCUT2D eigenvalue weighted by atomic mass is 19.1. The summed E-state index contributed by atoms with van der Waals surface area (Å²) in [7, 11) is 0. The molecule has 0 aliphatic carbocycles. The number of aliphatic imine (C=N–C) groups is 1. The smallest absolute Gasteiger partial charge is 0.325 e. The van der Waals surface area contributed by atoms with Crippen LogP contribution >= 0.6 is 0 Å². The molecule has 12 heteroatoms. The summed E-state index contributed by atoms with van der Waals surface area (Å²) in [5, 5.41) is 14.4. The molecule has 1 saturated heterocycles. The molecule has 3 aromatic rings. The Morgan fingerprint density at radius 3 is 2.62 bits per heavy atom. The van der Waals surface area contributed by atoms with Gasteiger partial charge in [-0.25, -0.2) is 18.6 Å². The highest BCUT2D eigenvalue weighted by Crippen LogP contribution is 2.25. The molecule has 3 heterocycles. The standard InChI is InChI=1S/C27H28F2N6O4/c28-19-3-1-17(2-4-19)13-24(37)33-27(38)32-20-5-6-23(22(29)14-20)39-26-25-18(7-12-35(25)31-16-30-26)15-34-10-8-21(36)9-11-34/h1-7,12,14,21,31,36H,8-11,13,15-16H2,(H2,32,33,37,38). The number of imide groups is 1. The van der Waals surface area contributed by atoms with Gasteiger partial charge in [-0.3, -0.25) is 19.7 Å². The number of hydrogen-bond acceptors (Lipinski definition) is 7. The molecule has 4 N–H and O–H groups in total. The van der Waals surface area contributed by atoms with Crippen molar-refractivity contribution in [1.82, 2.24) is 14.9 Å². The Labute approximate surface area is 223 Å². The predicted molar refractivity (Wildman–Crippen MR) is 140 cm³/mol. The number of anilines is 1. The minimum Gasteiger partial charge on any atom is -0.434 e. The predicted octanol–water partition coefficient (Wildman–Crippen LogP) is 2.95. The Kier molecular flexibility index (Phi) is 7.84. The number of aliphatic hydroxyl groups excluding tert-OH is 1. The first kappa shape index (κ1) is 26.3. The van der Waals surface area contributed by atoms with Crippen LogP contribution in [0.1, 0.15) is 29.7 Å². The van der Waals surface area contributed by atoms with Gasteiger partial charge in [-0.15, -0.1) is 0 Å². The highest BCUT2D eigenvalue weighted by Gasteiger charge is 2.25. The molecule has 0 bridgehead atoms. The molecule has 2 aliphatic rings. The third-order valence-corrected chi connectivity index (χ3v) is 6.51. The molecule has 0 radical (unpaired) electrons. The van der Waals surface area contributed by atoms with Gasteiger partial charge in [-0.2, -0.15) is 0 Å². The Bertz CT molecular complexity index is 1380. The van der Waals surface area contributed by atoms with Crippen molar-refractivity contribution < 1.29 is 28.2 Å². The number of nitrogens with one attached hydrogen (secondary N) is 3. The molecule has 1 fully saturated rings. The van der Waals surface area contributed by atoms with Crippen LogP contribution in [-0.4, -0.2) is 58.4 Å². The minimum absolute atomic E-state index is 0.0752. The van der Waals surface area contributed by atoms with Crippen LogP contribution < -0.4 is 20.8 Å². The number of likely N-dealkylation sites (tertiary alicyclic amines) is 1. The van der Waals surface area contributed by atoms with Crippen LogP contribution in [0.15, 0.2) is 59.7 Å². The fourth-order valence-corrected chi connectivity index (χ4v) is 4.52. The van der Waals surface area contributed by atoms with Crippen LogP contribution in [0.3, 0.4) is 0 Å². The molecule has 2 aromatic carbocycles. The number of aliphatic hydroxyl groups is 1. The average Bonchev–Trinajstić information content (AvgIpc) is 3.32. The summed E-state index contributed by atoms with van der Waals surface area (Å²) in [6.45, 7) is 2.45. The van der Waals surface area contributed by atoms with Crippen molar-refractivity contribution in [3.63, 3.8) is 0 Å². The van der Waals surface area contributed by atoms with Crippen LogP contribution in [-0.2, 0) is 17.8 Å². The highest BCUT2D eigenvalue weighted by molar-refractivity contribution is 6.01. The maximum Gasteiger partial charge on any atom is 0.325 e. The van der Waals surface area contributed by atoms with E-state index in [9.17, 15) is 23.5 Å². The molecule has 3 amide bonds. The van der Waals surface area contributed by atoms with E-state index < -0.39 is 23.6 Å². The number of carbonyl (C=O) groups excluding carboxylic acids is 2. The van der Waals surface area contributed by atoms with Crippen LogP contribution in [0.25, 0.3) is 0 Å². The third kappa shape index (κ3) is 6.59. The number of carbonyl (C=O) groups is 2. The number of halogens is 2. The first-order valence-electron chi connectivity index (χ1n) is 12.6. The summed E-state index contributed by atoms with van der Waals surface area (Å²) in [4.78, 5) is 30.9. The lowest BCUT2D eigenvalue weighted by Crippen LogP contribution is -2.36. The van der Waals surface area contributed by atoms with E-state index in [1.165, 1.54) is 36.4 Å². The zero-order valence-electron chi connectivity index (χ0n) is 21.0. The van der Waals surface area contributed by atoms with E-state index in [2.05, 4.69) is 26.0 Å². The summed E-state index contributed by atoms with van der Waals surface area (Å²) in [5.74, 6) is -1.56. The van der Waals surface area contributed by atoms with Gasteiger partial charge >= 0.3 is 6.03 Å². The molecule has 0 unspecified atom stereocenters. The fourth-order valence-electron chi connectivity index (χ4n) is 4.52. The number of benzene rings is 2. The Morgan fingerprint density at radius 2 is 1.87 bits per heavy atom. The van der Waals surface area contributed by atoms with Crippen LogP contribution in [0.4, 0.5) is 19.3 Å². The van der Waals surface area contributed by atoms with E-state index in [1.807, 2.05) is 12.3 Å². The molecule has 1 aromatic heterocycles. The molecular weight excluding hydrogens is 510 g/mol. The number of nitrogens with zero attached hydrogens (tertiary/aromatic N) is 3. The number of aromatic nitrogens is 1. The molecule has 204 valence electrons. The van der Waals surface area contributed by atoms with Gasteiger partial charge < -0.3 is 20.6 Å². The van der Waals surface area contributed by atoms with Gasteiger partial charge in [0.2, 0.25) is 11.8 Å². The van der Waals surface area contributed by atoms with E-state index in [0.717, 1.165) is 37.6 Å². The van der Waals surface area contributed by atoms with Crippen LogP contribution in [0, 0.1) is 11.6 Å². The number of hydrogen-bond donors (Lipinski definition) is 4. The minimum atomic E-state index is -0.828. The number of fused-ring (bicyclic) bond motifs is 1. The zero-order chi connectivity index (χ0) is 27.4. The Hall–Kier alpha value is -4.29. The normalized spacial score (nSPS) is 15.6. The van der Waals surface area contributed by atoms with E-state index in [0.29, 0.717) is 17.8 Å². The lowest BCUT2D eigenvalue weighted by molar-refractivity contribution is -0.119. The monoisotopic (exact) mass is 538 g/mol. The van der Waals surface area contributed by atoms with Crippen molar-refractivity contribution in [1.29, 1.82) is 0 Å². The molecular formula is C27H28F2N6O4. The van der Waals surface area contributed by atoms with Crippen molar-refractivity contribution in [3.8, 4) is 5.75 Å². The van der Waals surface area contributed by atoms with Crippen molar-refractivity contribution in [2.45, 2.75) is 31.9 Å². The van der Waals surface area contributed by atoms with Gasteiger partial charge in [0.1, 0.15) is 18.2 Å². The second-order valence-electron chi connectivity index (χ2n) is 9.40. The molecule has 39 heavy (non-hydrogen) atoms. The third-order valence-electron chi connectivity index (χ3n) is 6.51. The number of amides is 3. The molecule has 10 nitrogen and oxygen atoms in total. The SMILES string of the molecule is O=C(Cc1ccc(F)cc1)NC(=O)Nc1ccc(OC2=NCNn3ccc(CN4CCC(O)CC4)c32)c(F)c1. The first-order chi connectivity index (χ1) is 18.8. The van der Waals surface area contributed by atoms with Gasteiger partial charge in [0.25, 0.3) is 0 Å². The van der Waals surface area contributed by atoms with E-state index >= 15 is 0 Å². The van der Waals surface area contributed by atoms with Crippen LogP contribution in [0.5, 0.6) is 5.75 Å². The average molecular weight is 539 g/mol. The topological polar surface area (TPSA) is 120 Å². The fraction of sp³-hybridized carbons (Fsp3) is 0.296. The van der Waals surface area contributed by atoms with Crippen molar-refractivity contribution >= 4 is 23.5 Å². The molecule has 0 spiro atoms. The Balaban J connectivity index is 1.20. The lowest BCUT2D eigenvalue weighted by Gasteiger charge is -2.29. The van der Waals surface area contributed by atoms with E-state index in [-0.39, 0.29) is 36.5 Å². The summed E-state index contributed by atoms with van der Waals surface area (Å²) >= 11 is 0. The second kappa shape index (κ2) is 11.6. The summed E-state index contributed by atoms with van der Waals surface area (Å²) in [6.07, 6.45) is 2.92. The summed E-state index contributed by atoms with van der Waals surface area (Å²) in [6, 6.07) is 10.4. The van der Waals surface area contributed by atoms with Gasteiger partial charge in [0, 0.05) is 37.6 Å². The zero-order valence-corrected chi connectivity index (χ0v) is 21.0. The number of rotatable bonds is 6. The van der Waals surface area contributed by atoms with E-state index in [1.54, 1.807) is 4.68 Å². The van der Waals surface area contributed by atoms with Crippen molar-refractivity contribution in [2.75, 3.05) is 30.5 Å². The van der Waals surface area contributed by atoms with Gasteiger partial charge in [-0.05, 0) is 54.3 Å². The maximum absolute atomic E-state index is 14.9. The first-order valence-corrected chi connectivity index (χ1v) is 12.6. The molecule has 5 rings (SSSR count). The largest absolute Gasteiger partial charge is 0.434 e. The van der Waals surface area contributed by atoms with Gasteiger partial charge in [0.15, 0.2) is 11.6 Å².